The van der Waals surface area contributed by atoms with Crippen molar-refractivity contribution in [3.05, 3.63) is 30.1 Å². The van der Waals surface area contributed by atoms with Crippen LogP contribution in [-0.4, -0.2) is 15.5 Å². The molecule has 0 atom stereocenters. The van der Waals surface area contributed by atoms with Gasteiger partial charge in [-0.1, -0.05) is 26.0 Å². The Bertz CT molecular complexity index is 526. The van der Waals surface area contributed by atoms with Gasteiger partial charge < -0.3 is 0 Å². The molecule has 0 aliphatic carbocycles. The van der Waals surface area contributed by atoms with Crippen LogP contribution >= 0.6 is 0 Å². The molecule has 16 heavy (non-hydrogen) atoms. The predicted molar refractivity (Wildman–Crippen MR) is 64.6 cm³/mol. The van der Waals surface area contributed by atoms with Crippen LogP contribution in [0.1, 0.15) is 30.9 Å². The smallest absolute Gasteiger partial charge is 0.232 e. The lowest BCUT2D eigenvalue weighted by Crippen LogP contribution is -2.14. The maximum Gasteiger partial charge on any atom is 0.232 e. The minimum atomic E-state index is 0.126. The predicted octanol–water partition coefficient (Wildman–Crippen LogP) is 3.03. The van der Waals surface area contributed by atoms with Crippen LogP contribution in [0.15, 0.2) is 24.3 Å². The van der Waals surface area contributed by atoms with E-state index in [2.05, 4.69) is 4.98 Å². The van der Waals surface area contributed by atoms with Crippen molar-refractivity contribution in [2.75, 3.05) is 0 Å². The first-order valence-corrected chi connectivity index (χ1v) is 5.57. The quantitative estimate of drug-likeness (QED) is 0.773. The molecule has 0 fully saturated rings. The van der Waals surface area contributed by atoms with Crippen molar-refractivity contribution in [1.29, 1.82) is 0 Å². The highest BCUT2D eigenvalue weighted by Crippen LogP contribution is 2.17. The topological polar surface area (TPSA) is 34.9 Å². The highest BCUT2D eigenvalue weighted by molar-refractivity contribution is 5.91. The van der Waals surface area contributed by atoms with Gasteiger partial charge in [0.2, 0.25) is 5.91 Å². The van der Waals surface area contributed by atoms with Gasteiger partial charge in [0.15, 0.2) is 0 Å². The van der Waals surface area contributed by atoms with Crippen LogP contribution in [0.2, 0.25) is 0 Å². The number of hydrogen-bond acceptors (Lipinski definition) is 2. The van der Waals surface area contributed by atoms with Crippen LogP contribution in [0, 0.1) is 12.8 Å². The van der Waals surface area contributed by atoms with Gasteiger partial charge in [-0.05, 0) is 25.0 Å². The first-order chi connectivity index (χ1) is 7.59. The Hall–Kier alpha value is -1.64. The fourth-order valence-electron chi connectivity index (χ4n) is 1.90. The number of aryl methyl sites for hydroxylation is 1. The molecule has 0 amide bonds. The van der Waals surface area contributed by atoms with Crippen molar-refractivity contribution in [3.8, 4) is 0 Å². The molecule has 0 aliphatic heterocycles. The Morgan fingerprint density at radius 2 is 2.06 bits per heavy atom. The molecule has 0 N–H and O–H groups in total. The Morgan fingerprint density at radius 1 is 1.38 bits per heavy atom. The average Bonchev–Trinajstić information content (AvgIpc) is 2.52. The Labute approximate surface area is 95.1 Å². The molecule has 2 aromatic rings. The number of para-hydroxylation sites is 2. The van der Waals surface area contributed by atoms with Crippen molar-refractivity contribution in [2.45, 2.75) is 27.2 Å². The number of nitrogens with zero attached hydrogens (tertiary/aromatic N) is 2. The van der Waals surface area contributed by atoms with Gasteiger partial charge >= 0.3 is 0 Å². The maximum atomic E-state index is 12.1. The SMILES string of the molecule is Cc1nc2ccccc2n1C(=O)CC(C)C. The molecule has 0 unspecified atom stereocenters. The first kappa shape index (κ1) is 10.9. The van der Waals surface area contributed by atoms with Gasteiger partial charge in [-0.2, -0.15) is 0 Å². The zero-order valence-corrected chi connectivity index (χ0v) is 9.90. The lowest BCUT2D eigenvalue weighted by molar-refractivity contribution is 0.0889. The van der Waals surface area contributed by atoms with E-state index in [-0.39, 0.29) is 5.91 Å². The van der Waals surface area contributed by atoms with E-state index in [1.54, 1.807) is 4.57 Å². The monoisotopic (exact) mass is 216 g/mol. The van der Waals surface area contributed by atoms with Gasteiger partial charge in [-0.25, -0.2) is 4.98 Å². The number of rotatable bonds is 2. The van der Waals surface area contributed by atoms with Crippen molar-refractivity contribution < 1.29 is 4.79 Å². The summed E-state index contributed by atoms with van der Waals surface area (Å²) in [6.45, 7) is 5.97. The minimum absolute atomic E-state index is 0.126. The molecule has 1 heterocycles. The summed E-state index contributed by atoms with van der Waals surface area (Å²) < 4.78 is 1.72. The largest absolute Gasteiger partial charge is 0.274 e. The van der Waals surface area contributed by atoms with Gasteiger partial charge in [0.25, 0.3) is 0 Å². The average molecular weight is 216 g/mol. The van der Waals surface area contributed by atoms with Gasteiger partial charge in [0.1, 0.15) is 5.82 Å². The molecule has 0 spiro atoms. The van der Waals surface area contributed by atoms with E-state index in [1.165, 1.54) is 0 Å². The van der Waals surface area contributed by atoms with Crippen molar-refractivity contribution in [2.24, 2.45) is 5.92 Å². The second kappa shape index (κ2) is 4.08. The molecule has 0 bridgehead atoms. The first-order valence-electron chi connectivity index (χ1n) is 5.57. The fourth-order valence-corrected chi connectivity index (χ4v) is 1.90. The second-order valence-electron chi connectivity index (χ2n) is 4.47. The number of carbonyl (C=O) groups excluding carboxylic acids is 1. The lowest BCUT2D eigenvalue weighted by atomic mass is 10.1. The van der Waals surface area contributed by atoms with Crippen molar-refractivity contribution in [1.82, 2.24) is 9.55 Å². The Kier molecular flexibility index (Phi) is 2.77. The molecule has 0 saturated heterocycles. The van der Waals surface area contributed by atoms with E-state index in [1.807, 2.05) is 45.0 Å². The highest BCUT2D eigenvalue weighted by atomic mass is 16.2. The standard InChI is InChI=1S/C13H16N2O/c1-9(2)8-13(16)15-10(3)14-11-6-4-5-7-12(11)15/h4-7,9H,8H2,1-3H3. The summed E-state index contributed by atoms with van der Waals surface area (Å²) in [5.41, 5.74) is 1.79. The zero-order valence-electron chi connectivity index (χ0n) is 9.90. The zero-order chi connectivity index (χ0) is 11.7. The van der Waals surface area contributed by atoms with E-state index in [0.29, 0.717) is 12.3 Å². The molecular formula is C13H16N2O. The van der Waals surface area contributed by atoms with Gasteiger partial charge in [0.05, 0.1) is 11.0 Å². The van der Waals surface area contributed by atoms with E-state index < -0.39 is 0 Å². The Balaban J connectivity index is 2.51. The normalized spacial score (nSPS) is 11.2. The number of hydrogen-bond donors (Lipinski definition) is 0. The van der Waals surface area contributed by atoms with Crippen LogP contribution in [0.4, 0.5) is 0 Å². The minimum Gasteiger partial charge on any atom is -0.274 e. The molecule has 84 valence electrons. The lowest BCUT2D eigenvalue weighted by Gasteiger charge is -2.07. The molecule has 0 aliphatic rings. The third-order valence-electron chi connectivity index (χ3n) is 2.56. The van der Waals surface area contributed by atoms with E-state index in [9.17, 15) is 4.79 Å². The summed E-state index contributed by atoms with van der Waals surface area (Å²) in [5.74, 6) is 1.26. The maximum absolute atomic E-state index is 12.1. The van der Waals surface area contributed by atoms with E-state index >= 15 is 0 Å². The molecule has 1 aromatic heterocycles. The number of fused-ring (bicyclic) bond motifs is 1. The molecule has 2 rings (SSSR count). The van der Waals surface area contributed by atoms with Gasteiger partial charge in [-0.15, -0.1) is 0 Å². The van der Waals surface area contributed by atoms with Crippen LogP contribution < -0.4 is 0 Å². The number of carbonyl (C=O) groups is 1. The van der Waals surface area contributed by atoms with Crippen molar-refractivity contribution >= 4 is 16.9 Å². The Morgan fingerprint density at radius 3 is 2.75 bits per heavy atom. The van der Waals surface area contributed by atoms with Crippen LogP contribution in [0.25, 0.3) is 11.0 Å². The van der Waals surface area contributed by atoms with E-state index in [0.717, 1.165) is 16.9 Å². The summed E-state index contributed by atoms with van der Waals surface area (Å²) in [6.07, 6.45) is 0.557. The summed E-state index contributed by atoms with van der Waals surface area (Å²) >= 11 is 0. The molecule has 0 radical (unpaired) electrons. The van der Waals surface area contributed by atoms with Crippen LogP contribution in [-0.2, 0) is 0 Å². The third kappa shape index (κ3) is 1.85. The summed E-state index contributed by atoms with van der Waals surface area (Å²) in [7, 11) is 0. The summed E-state index contributed by atoms with van der Waals surface area (Å²) in [4.78, 5) is 16.5. The summed E-state index contributed by atoms with van der Waals surface area (Å²) in [6, 6.07) is 7.74. The molecule has 3 nitrogen and oxygen atoms in total. The van der Waals surface area contributed by atoms with Gasteiger partial charge in [0, 0.05) is 6.42 Å². The number of benzene rings is 1. The van der Waals surface area contributed by atoms with Crippen molar-refractivity contribution in [3.63, 3.8) is 0 Å². The molecular weight excluding hydrogens is 200 g/mol. The number of aromatic nitrogens is 2. The van der Waals surface area contributed by atoms with Gasteiger partial charge in [-0.3, -0.25) is 9.36 Å². The third-order valence-corrected chi connectivity index (χ3v) is 2.56. The second-order valence-corrected chi connectivity index (χ2v) is 4.47. The molecule has 1 aromatic carbocycles. The molecule has 3 heteroatoms. The highest BCUT2D eigenvalue weighted by Gasteiger charge is 2.14. The van der Waals surface area contributed by atoms with Crippen LogP contribution in [0.3, 0.4) is 0 Å². The molecule has 0 saturated carbocycles. The van der Waals surface area contributed by atoms with Crippen LogP contribution in [0.5, 0.6) is 0 Å². The number of imidazole rings is 1. The van der Waals surface area contributed by atoms with E-state index in [4.69, 9.17) is 0 Å². The fraction of sp³-hybridized carbons (Fsp3) is 0.385. The summed E-state index contributed by atoms with van der Waals surface area (Å²) in [5, 5.41) is 0.